The van der Waals surface area contributed by atoms with E-state index in [1.807, 2.05) is 36.4 Å². The zero-order chi connectivity index (χ0) is 17.8. The van der Waals surface area contributed by atoms with Crippen LogP contribution in [0.2, 0.25) is 0 Å². The SMILES string of the molecule is Cc1cc2c(cc1C(=O)O)SCC[C@@H]2NC(=O)OCc1ccccc1. The molecule has 0 saturated carbocycles. The number of rotatable bonds is 4. The second kappa shape index (κ2) is 7.61. The number of aryl methyl sites for hydroxylation is 1. The molecule has 0 spiro atoms. The number of benzene rings is 2. The average Bonchev–Trinajstić information content (AvgIpc) is 2.61. The summed E-state index contributed by atoms with van der Waals surface area (Å²) in [6, 6.07) is 12.9. The zero-order valence-electron chi connectivity index (χ0n) is 13.8. The van der Waals surface area contributed by atoms with Crippen LogP contribution >= 0.6 is 11.8 Å². The predicted octanol–water partition coefficient (Wildman–Crippen LogP) is 4.16. The van der Waals surface area contributed by atoms with Gasteiger partial charge in [-0.05, 0) is 36.1 Å². The van der Waals surface area contributed by atoms with Gasteiger partial charge in [-0.15, -0.1) is 11.8 Å². The third-order valence-corrected chi connectivity index (χ3v) is 5.24. The van der Waals surface area contributed by atoms with Crippen LogP contribution in [0.3, 0.4) is 0 Å². The molecule has 130 valence electrons. The first kappa shape index (κ1) is 17.4. The minimum Gasteiger partial charge on any atom is -0.478 e. The Hall–Kier alpha value is -2.47. The van der Waals surface area contributed by atoms with Gasteiger partial charge in [0.25, 0.3) is 0 Å². The maximum absolute atomic E-state index is 12.1. The number of hydrogen-bond donors (Lipinski definition) is 2. The monoisotopic (exact) mass is 357 g/mol. The number of aromatic carboxylic acids is 1. The van der Waals surface area contributed by atoms with Gasteiger partial charge in [0.15, 0.2) is 0 Å². The first-order valence-corrected chi connectivity index (χ1v) is 9.01. The van der Waals surface area contributed by atoms with Crippen molar-refractivity contribution in [3.05, 3.63) is 64.7 Å². The molecule has 1 aliphatic rings. The van der Waals surface area contributed by atoms with Crippen LogP contribution in [0.15, 0.2) is 47.4 Å². The van der Waals surface area contributed by atoms with E-state index in [0.717, 1.165) is 28.2 Å². The highest BCUT2D eigenvalue weighted by Gasteiger charge is 2.25. The molecule has 1 aliphatic heterocycles. The van der Waals surface area contributed by atoms with Crippen molar-refractivity contribution in [1.29, 1.82) is 0 Å². The van der Waals surface area contributed by atoms with Crippen LogP contribution in [-0.2, 0) is 11.3 Å². The number of hydrogen-bond acceptors (Lipinski definition) is 4. The van der Waals surface area contributed by atoms with Crippen molar-refractivity contribution >= 4 is 23.8 Å². The van der Waals surface area contributed by atoms with Crippen LogP contribution in [0, 0.1) is 6.92 Å². The molecule has 25 heavy (non-hydrogen) atoms. The van der Waals surface area contributed by atoms with E-state index in [1.54, 1.807) is 24.8 Å². The van der Waals surface area contributed by atoms with Gasteiger partial charge in [-0.25, -0.2) is 9.59 Å². The van der Waals surface area contributed by atoms with Crippen LogP contribution in [-0.4, -0.2) is 22.9 Å². The van der Waals surface area contributed by atoms with Crippen molar-refractivity contribution in [2.24, 2.45) is 0 Å². The minimum absolute atomic E-state index is 0.166. The molecule has 2 aromatic carbocycles. The number of thioether (sulfide) groups is 1. The Balaban J connectivity index is 1.69. The summed E-state index contributed by atoms with van der Waals surface area (Å²) < 4.78 is 5.29. The van der Waals surface area contributed by atoms with E-state index in [4.69, 9.17) is 4.74 Å². The Bertz CT molecular complexity index is 792. The van der Waals surface area contributed by atoms with Gasteiger partial charge in [0.1, 0.15) is 6.61 Å². The molecule has 1 heterocycles. The van der Waals surface area contributed by atoms with Crippen LogP contribution in [0.1, 0.15) is 39.5 Å². The first-order chi connectivity index (χ1) is 12.0. The Morgan fingerprint density at radius 2 is 2.04 bits per heavy atom. The molecule has 0 fully saturated rings. The third-order valence-electron chi connectivity index (χ3n) is 4.13. The second-order valence-electron chi connectivity index (χ2n) is 5.91. The summed E-state index contributed by atoms with van der Waals surface area (Å²) in [6.45, 7) is 1.99. The molecular weight excluding hydrogens is 338 g/mol. The first-order valence-electron chi connectivity index (χ1n) is 8.02. The van der Waals surface area contributed by atoms with Gasteiger partial charge in [0.2, 0.25) is 0 Å². The third kappa shape index (κ3) is 4.14. The van der Waals surface area contributed by atoms with Gasteiger partial charge in [-0.2, -0.15) is 0 Å². The van der Waals surface area contributed by atoms with Crippen molar-refractivity contribution in [1.82, 2.24) is 5.32 Å². The highest BCUT2D eigenvalue weighted by atomic mass is 32.2. The van der Waals surface area contributed by atoms with Gasteiger partial charge in [0.05, 0.1) is 11.6 Å². The van der Waals surface area contributed by atoms with Crippen LogP contribution in [0.4, 0.5) is 4.79 Å². The fourth-order valence-corrected chi connectivity index (χ4v) is 3.98. The molecule has 0 bridgehead atoms. The Labute approximate surface area is 150 Å². The van der Waals surface area contributed by atoms with E-state index in [1.165, 1.54) is 0 Å². The van der Waals surface area contributed by atoms with Gasteiger partial charge < -0.3 is 15.2 Å². The van der Waals surface area contributed by atoms with E-state index in [9.17, 15) is 14.7 Å². The normalized spacial score (nSPS) is 16.0. The number of carboxylic acids is 1. The Morgan fingerprint density at radius 1 is 1.28 bits per heavy atom. The molecular formula is C19H19NO4S. The van der Waals surface area contributed by atoms with E-state index in [0.29, 0.717) is 11.1 Å². The molecule has 1 atom stereocenters. The van der Waals surface area contributed by atoms with Crippen LogP contribution < -0.4 is 5.32 Å². The maximum atomic E-state index is 12.1. The van der Waals surface area contributed by atoms with E-state index in [2.05, 4.69) is 5.32 Å². The molecule has 3 rings (SSSR count). The lowest BCUT2D eigenvalue weighted by Gasteiger charge is -2.26. The molecule has 0 unspecified atom stereocenters. The summed E-state index contributed by atoms with van der Waals surface area (Å²) in [4.78, 5) is 24.3. The molecule has 0 aliphatic carbocycles. The standard InChI is InChI=1S/C19H19NO4S/c1-12-9-15-16(7-8-25-17(15)10-14(12)18(21)22)20-19(23)24-11-13-5-3-2-4-6-13/h2-6,9-10,16H,7-8,11H2,1H3,(H,20,23)(H,21,22)/t16-/m0/s1. The lowest BCUT2D eigenvalue weighted by Crippen LogP contribution is -2.31. The van der Waals surface area contributed by atoms with E-state index < -0.39 is 12.1 Å². The van der Waals surface area contributed by atoms with Gasteiger partial charge in [-0.1, -0.05) is 36.4 Å². The van der Waals surface area contributed by atoms with Gasteiger partial charge in [-0.3, -0.25) is 0 Å². The number of carbonyl (C=O) groups is 2. The lowest BCUT2D eigenvalue weighted by atomic mass is 9.98. The molecule has 0 aromatic heterocycles. The summed E-state index contributed by atoms with van der Waals surface area (Å²) in [7, 11) is 0. The summed E-state index contributed by atoms with van der Waals surface area (Å²) >= 11 is 1.61. The predicted molar refractivity (Wildman–Crippen MR) is 96.0 cm³/mol. The average molecular weight is 357 g/mol. The Kier molecular flexibility index (Phi) is 5.28. The number of amides is 1. The number of carbonyl (C=O) groups excluding carboxylic acids is 1. The second-order valence-corrected chi connectivity index (χ2v) is 7.04. The molecule has 1 amide bonds. The van der Waals surface area contributed by atoms with Gasteiger partial charge in [0, 0.05) is 10.6 Å². The maximum Gasteiger partial charge on any atom is 0.407 e. The minimum atomic E-state index is -0.932. The zero-order valence-corrected chi connectivity index (χ0v) is 14.6. The van der Waals surface area contributed by atoms with Crippen LogP contribution in [0.25, 0.3) is 0 Å². The van der Waals surface area contributed by atoms with E-state index in [-0.39, 0.29) is 12.6 Å². The highest BCUT2D eigenvalue weighted by molar-refractivity contribution is 7.99. The summed E-state index contributed by atoms with van der Waals surface area (Å²) in [6.07, 6.45) is 0.316. The van der Waals surface area contributed by atoms with Crippen molar-refractivity contribution in [2.75, 3.05) is 5.75 Å². The molecule has 2 N–H and O–H groups in total. The van der Waals surface area contributed by atoms with E-state index >= 15 is 0 Å². The number of alkyl carbamates (subject to hydrolysis) is 1. The molecule has 5 nitrogen and oxygen atoms in total. The molecule has 2 aromatic rings. The largest absolute Gasteiger partial charge is 0.478 e. The lowest BCUT2D eigenvalue weighted by molar-refractivity contribution is 0.0695. The molecule has 0 saturated heterocycles. The van der Waals surface area contributed by atoms with Gasteiger partial charge >= 0.3 is 12.1 Å². The van der Waals surface area contributed by atoms with Crippen LogP contribution in [0.5, 0.6) is 0 Å². The fraction of sp³-hybridized carbons (Fsp3) is 0.263. The fourth-order valence-electron chi connectivity index (χ4n) is 2.84. The number of ether oxygens (including phenoxy) is 1. The van der Waals surface area contributed by atoms with Crippen molar-refractivity contribution in [3.8, 4) is 0 Å². The number of carboxylic acid groups (broad SMARTS) is 1. The van der Waals surface area contributed by atoms with Crippen molar-refractivity contribution < 1.29 is 19.4 Å². The topological polar surface area (TPSA) is 75.6 Å². The summed E-state index contributed by atoms with van der Waals surface area (Å²) in [5, 5.41) is 12.2. The summed E-state index contributed by atoms with van der Waals surface area (Å²) in [5.41, 5.74) is 2.88. The number of fused-ring (bicyclic) bond motifs is 1. The molecule has 0 radical (unpaired) electrons. The number of nitrogens with one attached hydrogen (secondary N) is 1. The van der Waals surface area contributed by atoms with Crippen molar-refractivity contribution in [2.45, 2.75) is 30.9 Å². The highest BCUT2D eigenvalue weighted by Crippen LogP contribution is 2.37. The smallest absolute Gasteiger partial charge is 0.407 e. The molecule has 6 heteroatoms. The quantitative estimate of drug-likeness (QED) is 0.859. The summed E-state index contributed by atoms with van der Waals surface area (Å²) in [5.74, 6) is -0.114. The van der Waals surface area contributed by atoms with Crippen molar-refractivity contribution in [3.63, 3.8) is 0 Å². The Morgan fingerprint density at radius 3 is 2.76 bits per heavy atom.